The zero-order valence-electron chi connectivity index (χ0n) is 14.2. The number of ketones is 1. The van der Waals surface area contributed by atoms with Crippen LogP contribution in [0.15, 0.2) is 11.6 Å². The molecule has 0 aromatic heterocycles. The highest BCUT2D eigenvalue weighted by molar-refractivity contribution is 5.84. The van der Waals surface area contributed by atoms with Gasteiger partial charge in [-0.25, -0.2) is 0 Å². The SMILES string of the molecule is CC12CCCC(=O)C1CC=C2CCC#CC(CO)(C(F)(F)F)C(F)(F)F. The van der Waals surface area contributed by atoms with E-state index in [1.165, 1.54) is 5.92 Å². The topological polar surface area (TPSA) is 37.3 Å². The normalized spacial score (nSPS) is 26.8. The van der Waals surface area contributed by atoms with Gasteiger partial charge in [-0.1, -0.05) is 24.5 Å². The predicted octanol–water partition coefficient (Wildman–Crippen LogP) is 4.58. The fourth-order valence-corrected chi connectivity index (χ4v) is 3.92. The summed E-state index contributed by atoms with van der Waals surface area (Å²) >= 11 is 0. The van der Waals surface area contributed by atoms with E-state index in [9.17, 15) is 31.1 Å². The van der Waals surface area contributed by atoms with Crippen LogP contribution in [-0.4, -0.2) is 29.8 Å². The first-order chi connectivity index (χ1) is 11.9. The quantitative estimate of drug-likeness (QED) is 0.441. The summed E-state index contributed by atoms with van der Waals surface area (Å²) in [5.74, 6) is 3.21. The Morgan fingerprint density at radius 1 is 1.23 bits per heavy atom. The summed E-state index contributed by atoms with van der Waals surface area (Å²) in [5.41, 5.74) is -3.94. The van der Waals surface area contributed by atoms with Crippen LogP contribution in [0.1, 0.15) is 45.4 Å². The predicted molar refractivity (Wildman–Crippen MR) is 81.8 cm³/mol. The second-order valence-corrected chi connectivity index (χ2v) is 7.12. The molecule has 2 rings (SSSR count). The standard InChI is InChI=1S/C18H20F6O2/c1-15-9-4-6-14(26)13(15)8-7-12(15)5-2-3-10-16(11-25,17(19,20)21)18(22,23)24/h7,13,25H,2,4-6,8-9,11H2,1H3. The van der Waals surface area contributed by atoms with Crippen LogP contribution in [0.2, 0.25) is 0 Å². The van der Waals surface area contributed by atoms with Gasteiger partial charge in [0.2, 0.25) is 5.41 Å². The molecular formula is C18H20F6O2. The average Bonchev–Trinajstić information content (AvgIpc) is 2.83. The number of aliphatic hydroxyl groups is 1. The molecule has 0 bridgehead atoms. The molecule has 0 saturated heterocycles. The third-order valence-electron chi connectivity index (χ3n) is 5.64. The van der Waals surface area contributed by atoms with Gasteiger partial charge in [0.25, 0.3) is 0 Å². The van der Waals surface area contributed by atoms with Crippen LogP contribution in [0.4, 0.5) is 26.3 Å². The highest BCUT2D eigenvalue weighted by Crippen LogP contribution is 2.52. The number of aliphatic hydroxyl groups excluding tert-OH is 1. The molecule has 1 fully saturated rings. The number of hydrogen-bond acceptors (Lipinski definition) is 2. The maximum Gasteiger partial charge on any atom is 0.416 e. The molecule has 2 atom stereocenters. The molecule has 1 N–H and O–H groups in total. The average molecular weight is 382 g/mol. The molecule has 26 heavy (non-hydrogen) atoms. The van der Waals surface area contributed by atoms with Gasteiger partial charge in [-0.15, -0.1) is 5.92 Å². The highest BCUT2D eigenvalue weighted by Gasteiger charge is 2.70. The zero-order valence-corrected chi connectivity index (χ0v) is 14.2. The van der Waals surface area contributed by atoms with Crippen molar-refractivity contribution in [2.75, 3.05) is 6.61 Å². The van der Waals surface area contributed by atoms with Crippen molar-refractivity contribution in [2.24, 2.45) is 16.7 Å². The van der Waals surface area contributed by atoms with Crippen molar-refractivity contribution < 1.29 is 36.2 Å². The van der Waals surface area contributed by atoms with Crippen molar-refractivity contribution in [3.8, 4) is 11.8 Å². The Morgan fingerprint density at radius 2 is 1.85 bits per heavy atom. The van der Waals surface area contributed by atoms with Gasteiger partial charge in [0.05, 0.1) is 6.61 Å². The molecule has 8 heteroatoms. The van der Waals surface area contributed by atoms with Crippen LogP contribution in [0.5, 0.6) is 0 Å². The summed E-state index contributed by atoms with van der Waals surface area (Å²) in [4.78, 5) is 12.0. The first kappa shape index (κ1) is 20.8. The van der Waals surface area contributed by atoms with E-state index in [1.54, 1.807) is 0 Å². The van der Waals surface area contributed by atoms with Crippen LogP contribution in [0, 0.1) is 28.6 Å². The summed E-state index contributed by atoms with van der Waals surface area (Å²) in [6.07, 6.45) is -7.01. The number of carbonyl (C=O) groups excluding carboxylic acids is 1. The van der Waals surface area contributed by atoms with E-state index in [0.29, 0.717) is 12.8 Å². The molecule has 146 valence electrons. The largest absolute Gasteiger partial charge is 0.416 e. The van der Waals surface area contributed by atoms with Crippen molar-refractivity contribution >= 4 is 5.78 Å². The van der Waals surface area contributed by atoms with Gasteiger partial charge in [0, 0.05) is 18.8 Å². The summed E-state index contributed by atoms with van der Waals surface area (Å²) in [6.45, 7) is -0.256. The molecule has 0 radical (unpaired) electrons. The minimum atomic E-state index is -5.73. The van der Waals surface area contributed by atoms with Crippen molar-refractivity contribution in [1.82, 2.24) is 0 Å². The van der Waals surface area contributed by atoms with Crippen molar-refractivity contribution in [1.29, 1.82) is 0 Å². The van der Waals surface area contributed by atoms with E-state index in [1.807, 2.05) is 18.9 Å². The Hall–Kier alpha value is -1.49. The fraction of sp³-hybridized carbons (Fsp3) is 0.722. The van der Waals surface area contributed by atoms with Crippen LogP contribution < -0.4 is 0 Å². The third kappa shape index (κ3) is 3.38. The molecule has 0 heterocycles. The molecule has 0 aromatic carbocycles. The van der Waals surface area contributed by atoms with Gasteiger partial charge in [0.1, 0.15) is 5.78 Å². The summed E-state index contributed by atoms with van der Waals surface area (Å²) < 4.78 is 77.4. The minimum absolute atomic E-state index is 0.152. The number of carbonyl (C=O) groups is 1. The Kier molecular flexibility index (Phi) is 5.54. The zero-order chi connectivity index (χ0) is 19.8. The molecular weight excluding hydrogens is 362 g/mol. The van der Waals surface area contributed by atoms with Gasteiger partial charge in [-0.05, 0) is 31.1 Å². The molecule has 0 aromatic rings. The first-order valence-corrected chi connectivity index (χ1v) is 8.35. The van der Waals surface area contributed by atoms with Crippen molar-refractivity contribution in [2.45, 2.75) is 57.8 Å². The number of halogens is 6. The van der Waals surface area contributed by atoms with E-state index in [0.717, 1.165) is 18.4 Å². The minimum Gasteiger partial charge on any atom is -0.394 e. The smallest absolute Gasteiger partial charge is 0.394 e. The molecule has 0 amide bonds. The van der Waals surface area contributed by atoms with Crippen LogP contribution in [-0.2, 0) is 4.79 Å². The maximum atomic E-state index is 12.9. The van der Waals surface area contributed by atoms with Crippen LogP contribution in [0.25, 0.3) is 0 Å². The van der Waals surface area contributed by atoms with Gasteiger partial charge >= 0.3 is 12.4 Å². The van der Waals surface area contributed by atoms with E-state index >= 15 is 0 Å². The van der Waals surface area contributed by atoms with Gasteiger partial charge in [-0.3, -0.25) is 4.79 Å². The molecule has 2 aliphatic rings. The van der Waals surface area contributed by atoms with E-state index in [2.05, 4.69) is 0 Å². The molecule has 2 unspecified atom stereocenters. The lowest BCUT2D eigenvalue weighted by molar-refractivity contribution is -0.325. The number of hydrogen-bond donors (Lipinski definition) is 1. The molecule has 2 aliphatic carbocycles. The van der Waals surface area contributed by atoms with E-state index in [-0.39, 0.29) is 30.0 Å². The molecule has 1 saturated carbocycles. The molecule has 2 nitrogen and oxygen atoms in total. The summed E-state index contributed by atoms with van der Waals surface area (Å²) in [5, 5.41) is 8.79. The lowest BCUT2D eigenvalue weighted by Crippen LogP contribution is -2.51. The Bertz CT molecular complexity index is 635. The van der Waals surface area contributed by atoms with Crippen molar-refractivity contribution in [3.05, 3.63) is 11.6 Å². The second-order valence-electron chi connectivity index (χ2n) is 7.12. The molecule has 0 spiro atoms. The van der Waals surface area contributed by atoms with Gasteiger partial charge in [0.15, 0.2) is 0 Å². The van der Waals surface area contributed by atoms with Gasteiger partial charge in [-0.2, -0.15) is 26.3 Å². The fourth-order valence-electron chi connectivity index (χ4n) is 3.92. The Morgan fingerprint density at radius 3 is 2.38 bits per heavy atom. The third-order valence-corrected chi connectivity index (χ3v) is 5.64. The Balaban J connectivity index is 2.14. The lowest BCUT2D eigenvalue weighted by Gasteiger charge is -2.38. The molecule has 0 aliphatic heterocycles. The second kappa shape index (κ2) is 6.91. The number of allylic oxidation sites excluding steroid dienone is 2. The highest BCUT2D eigenvalue weighted by atomic mass is 19.4. The van der Waals surface area contributed by atoms with Gasteiger partial charge < -0.3 is 5.11 Å². The number of fused-ring (bicyclic) bond motifs is 1. The van der Waals surface area contributed by atoms with E-state index in [4.69, 9.17) is 5.11 Å². The number of Topliss-reactive ketones (excluding diaryl/α,β-unsaturated/α-hetero) is 1. The Labute approximate surface area is 147 Å². The number of rotatable bonds is 3. The maximum absolute atomic E-state index is 12.9. The number of alkyl halides is 6. The van der Waals surface area contributed by atoms with Crippen molar-refractivity contribution in [3.63, 3.8) is 0 Å². The lowest BCUT2D eigenvalue weighted by atomic mass is 9.65. The summed E-state index contributed by atoms with van der Waals surface area (Å²) in [7, 11) is 0. The first-order valence-electron chi connectivity index (χ1n) is 8.35. The van der Waals surface area contributed by atoms with Crippen LogP contribution in [0.3, 0.4) is 0 Å². The monoisotopic (exact) mass is 382 g/mol. The van der Waals surface area contributed by atoms with Crippen LogP contribution >= 0.6 is 0 Å². The van der Waals surface area contributed by atoms with E-state index < -0.39 is 24.4 Å². The summed E-state index contributed by atoms with van der Waals surface area (Å²) in [6, 6.07) is 0.